The molecule has 3 aromatic rings. The number of thiazole rings is 1. The molecule has 1 unspecified atom stereocenters. The summed E-state index contributed by atoms with van der Waals surface area (Å²) in [5.74, 6) is -1.16. The average Bonchev–Trinajstić information content (AvgIpc) is 3.20. The maximum atomic E-state index is 12.4. The molecule has 1 atom stereocenters. The highest BCUT2D eigenvalue weighted by atomic mass is 32.1. The van der Waals surface area contributed by atoms with Gasteiger partial charge in [-0.1, -0.05) is 12.1 Å². The van der Waals surface area contributed by atoms with Crippen LogP contribution >= 0.6 is 11.3 Å². The summed E-state index contributed by atoms with van der Waals surface area (Å²) < 4.78 is 8.21. The third kappa shape index (κ3) is 4.80. The zero-order valence-electron chi connectivity index (χ0n) is 17.6. The van der Waals surface area contributed by atoms with Gasteiger partial charge < -0.3 is 14.2 Å². The topological polar surface area (TPSA) is 104 Å². The Bertz CT molecular complexity index is 1250. The highest BCUT2D eigenvalue weighted by Gasteiger charge is 2.21. The monoisotopic (exact) mass is 442 g/mol. The third-order valence-corrected chi connectivity index (χ3v) is 6.06. The van der Waals surface area contributed by atoms with Crippen LogP contribution in [0.3, 0.4) is 0 Å². The number of ether oxygens (including phenoxy) is 1. The van der Waals surface area contributed by atoms with Crippen LogP contribution in [0.4, 0.5) is 0 Å². The summed E-state index contributed by atoms with van der Waals surface area (Å²) in [5.41, 5.74) is 0.0130. The fourth-order valence-electron chi connectivity index (χ4n) is 2.84. The van der Waals surface area contributed by atoms with Crippen LogP contribution in [0.1, 0.15) is 23.5 Å². The Morgan fingerprint density at radius 1 is 1.26 bits per heavy atom. The molecule has 1 aromatic carbocycles. The first-order valence-electron chi connectivity index (χ1n) is 9.41. The van der Waals surface area contributed by atoms with Gasteiger partial charge in [-0.2, -0.15) is 0 Å². The number of benzene rings is 1. The fraction of sp³-hybridized carbons (Fsp3) is 0.286. The maximum absolute atomic E-state index is 12.4. The molecule has 1 amide bonds. The van der Waals surface area contributed by atoms with Gasteiger partial charge in [0.25, 0.3) is 11.5 Å². The van der Waals surface area contributed by atoms with Gasteiger partial charge in [0, 0.05) is 33.4 Å². The van der Waals surface area contributed by atoms with Crippen molar-refractivity contribution in [3.05, 3.63) is 67.9 Å². The van der Waals surface area contributed by atoms with E-state index in [9.17, 15) is 19.2 Å². The molecule has 0 aliphatic rings. The predicted octanol–water partition coefficient (Wildman–Crippen LogP) is 1.47. The summed E-state index contributed by atoms with van der Waals surface area (Å²) in [7, 11) is 4.47. The van der Waals surface area contributed by atoms with E-state index in [1.165, 1.54) is 47.2 Å². The highest BCUT2D eigenvalue weighted by Crippen LogP contribution is 2.28. The van der Waals surface area contributed by atoms with Gasteiger partial charge in [0.15, 0.2) is 6.61 Å². The number of hydrogen-bond donors (Lipinski definition) is 0. The lowest BCUT2D eigenvalue weighted by atomic mass is 10.3. The number of carbonyl (C=O) groups excluding carboxylic acids is 2. The quantitative estimate of drug-likeness (QED) is 0.423. The molecule has 3 rings (SSSR count). The molecular weight excluding hydrogens is 420 g/mol. The minimum Gasteiger partial charge on any atom is -0.452 e. The van der Waals surface area contributed by atoms with Crippen molar-refractivity contribution in [1.82, 2.24) is 19.0 Å². The van der Waals surface area contributed by atoms with Crippen molar-refractivity contribution in [3.63, 3.8) is 0 Å². The summed E-state index contributed by atoms with van der Waals surface area (Å²) >= 11 is 1.51. The standard InChI is InChI=1S/C21H22N4O5S/c1-13(19-22-15-7-5-6-8-16(15)31-19)24(3)17(26)12-30-18(27)10-9-14-11-23(2)21(29)25(4)20(14)28/h5-11,13H,12H2,1-4H3/b10-9+. The molecule has 162 valence electrons. The molecule has 2 aromatic heterocycles. The Labute approximate surface area is 181 Å². The molecule has 0 radical (unpaired) electrons. The van der Waals surface area contributed by atoms with E-state index in [2.05, 4.69) is 4.98 Å². The van der Waals surface area contributed by atoms with Gasteiger partial charge in [-0.3, -0.25) is 14.2 Å². The number of carbonyl (C=O) groups is 2. The second kappa shape index (κ2) is 9.09. The number of hydrogen-bond acceptors (Lipinski definition) is 7. The molecule has 0 spiro atoms. The van der Waals surface area contributed by atoms with E-state index in [-0.39, 0.29) is 17.5 Å². The Morgan fingerprint density at radius 3 is 2.68 bits per heavy atom. The van der Waals surface area contributed by atoms with Crippen LogP contribution in [0.2, 0.25) is 0 Å². The fourth-order valence-corrected chi connectivity index (χ4v) is 3.90. The van der Waals surface area contributed by atoms with Crippen molar-refractivity contribution in [2.24, 2.45) is 14.1 Å². The molecule has 9 nitrogen and oxygen atoms in total. The van der Waals surface area contributed by atoms with Crippen molar-refractivity contribution in [1.29, 1.82) is 0 Å². The summed E-state index contributed by atoms with van der Waals surface area (Å²) in [6, 6.07) is 7.44. The largest absolute Gasteiger partial charge is 0.452 e. The first-order valence-corrected chi connectivity index (χ1v) is 10.2. The van der Waals surface area contributed by atoms with Gasteiger partial charge in [-0.25, -0.2) is 14.6 Å². The van der Waals surface area contributed by atoms with E-state index < -0.39 is 23.8 Å². The second-order valence-corrected chi connectivity index (χ2v) is 8.05. The Kier molecular flexibility index (Phi) is 6.50. The van der Waals surface area contributed by atoms with E-state index in [1.807, 2.05) is 31.2 Å². The summed E-state index contributed by atoms with van der Waals surface area (Å²) in [6.45, 7) is 1.41. The van der Waals surface area contributed by atoms with Crippen LogP contribution in [0.5, 0.6) is 0 Å². The number of aromatic nitrogens is 3. The van der Waals surface area contributed by atoms with Crippen molar-refractivity contribution < 1.29 is 14.3 Å². The van der Waals surface area contributed by atoms with Crippen molar-refractivity contribution in [2.75, 3.05) is 13.7 Å². The molecule has 0 fully saturated rings. The number of esters is 1. The molecule has 10 heteroatoms. The number of rotatable bonds is 6. The zero-order chi connectivity index (χ0) is 22.7. The minimum absolute atomic E-state index is 0.148. The molecule has 0 bridgehead atoms. The van der Waals surface area contributed by atoms with Crippen molar-refractivity contribution >= 4 is 39.5 Å². The van der Waals surface area contributed by atoms with Crippen molar-refractivity contribution in [2.45, 2.75) is 13.0 Å². The lowest BCUT2D eigenvalue weighted by Gasteiger charge is -2.22. The zero-order valence-corrected chi connectivity index (χ0v) is 18.4. The first-order chi connectivity index (χ1) is 14.7. The smallest absolute Gasteiger partial charge is 0.331 e. The summed E-state index contributed by atoms with van der Waals surface area (Å²) in [5, 5.41) is 0.786. The van der Waals surface area contributed by atoms with Crippen LogP contribution in [-0.4, -0.2) is 44.5 Å². The van der Waals surface area contributed by atoms with E-state index in [4.69, 9.17) is 4.74 Å². The van der Waals surface area contributed by atoms with Gasteiger partial charge in [0.05, 0.1) is 21.8 Å². The number of aryl methyl sites for hydroxylation is 1. The average molecular weight is 442 g/mol. The van der Waals surface area contributed by atoms with Crippen LogP contribution in [0.25, 0.3) is 16.3 Å². The van der Waals surface area contributed by atoms with Gasteiger partial charge >= 0.3 is 11.7 Å². The van der Waals surface area contributed by atoms with Crippen LogP contribution in [0, 0.1) is 0 Å². The minimum atomic E-state index is -0.773. The second-order valence-electron chi connectivity index (χ2n) is 6.98. The molecule has 0 saturated carbocycles. The van der Waals surface area contributed by atoms with E-state index in [0.29, 0.717) is 0 Å². The lowest BCUT2D eigenvalue weighted by molar-refractivity contribution is -0.148. The number of nitrogens with zero attached hydrogens (tertiary/aromatic N) is 4. The molecular formula is C21H22N4O5S. The van der Waals surface area contributed by atoms with Gasteiger partial charge in [-0.15, -0.1) is 11.3 Å². The van der Waals surface area contributed by atoms with E-state index in [0.717, 1.165) is 25.9 Å². The lowest BCUT2D eigenvalue weighted by Crippen LogP contribution is -2.37. The van der Waals surface area contributed by atoms with Gasteiger partial charge in [0.1, 0.15) is 5.01 Å². The summed E-state index contributed by atoms with van der Waals surface area (Å²) in [4.78, 5) is 54.2. The van der Waals surface area contributed by atoms with Crippen LogP contribution in [0.15, 0.2) is 46.1 Å². The Hall–Kier alpha value is -3.53. The molecule has 0 N–H and O–H groups in total. The predicted molar refractivity (Wildman–Crippen MR) is 118 cm³/mol. The number of likely N-dealkylation sites (N-methyl/N-ethyl adjacent to an activating group) is 1. The van der Waals surface area contributed by atoms with E-state index >= 15 is 0 Å². The molecule has 0 aliphatic heterocycles. The summed E-state index contributed by atoms with van der Waals surface area (Å²) in [6.07, 6.45) is 3.63. The molecule has 2 heterocycles. The maximum Gasteiger partial charge on any atom is 0.331 e. The molecule has 0 saturated heterocycles. The van der Waals surface area contributed by atoms with Gasteiger partial charge in [0.2, 0.25) is 0 Å². The SMILES string of the molecule is CC(c1nc2ccccc2s1)N(C)C(=O)COC(=O)/C=C/c1cn(C)c(=O)n(C)c1=O. The third-order valence-electron chi connectivity index (χ3n) is 4.85. The van der Waals surface area contributed by atoms with Crippen molar-refractivity contribution in [3.8, 4) is 0 Å². The normalized spacial score (nSPS) is 12.3. The van der Waals surface area contributed by atoms with Crippen LogP contribution in [-0.2, 0) is 28.4 Å². The number of amides is 1. The molecule has 31 heavy (non-hydrogen) atoms. The molecule has 0 aliphatic carbocycles. The first kappa shape index (κ1) is 22.2. The number of para-hydroxylation sites is 1. The Balaban J connectivity index is 1.61. The highest BCUT2D eigenvalue weighted by molar-refractivity contribution is 7.18. The Morgan fingerprint density at radius 2 is 1.97 bits per heavy atom. The van der Waals surface area contributed by atoms with Gasteiger partial charge in [-0.05, 0) is 25.1 Å². The number of fused-ring (bicyclic) bond motifs is 1. The van der Waals surface area contributed by atoms with Crippen LogP contribution < -0.4 is 11.2 Å². The van der Waals surface area contributed by atoms with E-state index in [1.54, 1.807) is 7.05 Å².